The van der Waals surface area contributed by atoms with E-state index in [1.807, 2.05) is 0 Å². The third-order valence-corrected chi connectivity index (χ3v) is 1.31. The molecule has 1 aromatic rings. The highest BCUT2D eigenvalue weighted by atomic mass is 35.5. The van der Waals surface area contributed by atoms with E-state index in [-0.39, 0.29) is 5.56 Å². The molecule has 0 amide bonds. The van der Waals surface area contributed by atoms with Gasteiger partial charge in [0.1, 0.15) is 0 Å². The average molecular weight is 160 g/mol. The van der Waals surface area contributed by atoms with Crippen LogP contribution >= 0.6 is 11.6 Å². The molecule has 0 unspecified atom stereocenters. The van der Waals surface area contributed by atoms with E-state index in [1.54, 1.807) is 0 Å². The monoisotopic (exact) mass is 159 g/mol. The summed E-state index contributed by atoms with van der Waals surface area (Å²) in [5, 5.41) is 0.474. The molecule has 2 N–H and O–H groups in total. The van der Waals surface area contributed by atoms with E-state index in [9.17, 15) is 0 Å². The molecule has 1 nitrogen and oxygen atoms in total. The predicted octanol–water partition coefficient (Wildman–Crippen LogP) is 1.84. The Labute approximate surface area is 71.4 Å². The molecule has 0 aliphatic heterocycles. The number of aryl methyl sites for hydroxylation is 1. The highest BCUT2D eigenvalue weighted by Crippen LogP contribution is 2.09. The molecule has 0 bridgehead atoms. The fourth-order valence-electron chi connectivity index (χ4n) is 0.617. The van der Waals surface area contributed by atoms with Crippen molar-refractivity contribution < 1.29 is 5.48 Å². The van der Waals surface area contributed by atoms with Crippen LogP contribution in [0.3, 0.4) is 0 Å². The summed E-state index contributed by atoms with van der Waals surface area (Å²) in [5.41, 5.74) is 5.28. The maximum atomic E-state index is 7.51. The molecule has 0 atom stereocenters. The molecule has 0 saturated carbocycles. The number of rotatable bonds is 2. The Kier molecular flexibility index (Phi) is 1.35. The van der Waals surface area contributed by atoms with E-state index in [0.717, 1.165) is 0 Å². The third-order valence-electron chi connectivity index (χ3n) is 1.06. The zero-order valence-electron chi connectivity index (χ0n) is 9.26. The molecule has 0 aliphatic carbocycles. The van der Waals surface area contributed by atoms with E-state index < -0.39 is 12.9 Å². The fraction of sp³-hybridized carbons (Fsp3) is 0.250. The molecule has 0 spiro atoms. The summed E-state index contributed by atoms with van der Waals surface area (Å²) in [7, 11) is 0. The first-order valence-corrected chi connectivity index (χ1v) is 3.18. The lowest BCUT2D eigenvalue weighted by molar-refractivity contribution is 0.969. The van der Waals surface area contributed by atoms with Crippen molar-refractivity contribution in [1.82, 2.24) is 0 Å². The van der Waals surface area contributed by atoms with Gasteiger partial charge in [0.15, 0.2) is 0 Å². The number of hydrogen-bond donors (Lipinski definition) is 1. The van der Waals surface area contributed by atoms with Crippen LogP contribution in [-0.4, -0.2) is 6.50 Å². The minimum atomic E-state index is -2.42. The molecule has 0 radical (unpaired) electrons. The normalized spacial score (nSPS) is 18.6. The molecule has 1 aromatic carbocycles. The van der Waals surface area contributed by atoms with Crippen LogP contribution in [-0.2, 0) is 6.37 Å². The van der Waals surface area contributed by atoms with Gasteiger partial charge in [-0.05, 0) is 30.6 Å². The smallest absolute Gasteiger partial charge is 0.0429 e. The SMILES string of the molecule is [2H]C([2H])(N)C([2H])([2H])c1ccc(Cl)cc1. The van der Waals surface area contributed by atoms with E-state index in [2.05, 4.69) is 0 Å². The van der Waals surface area contributed by atoms with Crippen LogP contribution in [0.5, 0.6) is 0 Å². The molecule has 0 aromatic heterocycles. The van der Waals surface area contributed by atoms with Crippen molar-refractivity contribution in [1.29, 1.82) is 0 Å². The molecule has 0 saturated heterocycles. The van der Waals surface area contributed by atoms with Crippen molar-refractivity contribution in [3.05, 3.63) is 34.9 Å². The van der Waals surface area contributed by atoms with Gasteiger partial charge in [-0.25, -0.2) is 0 Å². The van der Waals surface area contributed by atoms with Gasteiger partial charge in [-0.3, -0.25) is 0 Å². The average Bonchev–Trinajstić information content (AvgIpc) is 2.03. The van der Waals surface area contributed by atoms with Gasteiger partial charge in [-0.15, -0.1) is 0 Å². The second kappa shape index (κ2) is 3.59. The van der Waals surface area contributed by atoms with Gasteiger partial charge in [0.25, 0.3) is 0 Å². The van der Waals surface area contributed by atoms with Crippen LogP contribution < -0.4 is 5.73 Å². The summed E-state index contributed by atoms with van der Waals surface area (Å²) < 4.78 is 29.3. The van der Waals surface area contributed by atoms with Gasteiger partial charge in [-0.1, -0.05) is 23.7 Å². The lowest BCUT2D eigenvalue weighted by Gasteiger charge is -1.96. The van der Waals surface area contributed by atoms with Gasteiger partial charge < -0.3 is 5.73 Å². The highest BCUT2D eigenvalue weighted by molar-refractivity contribution is 6.30. The Bertz CT molecular complexity index is 317. The van der Waals surface area contributed by atoms with Gasteiger partial charge in [0, 0.05) is 10.5 Å². The lowest BCUT2D eigenvalue weighted by Crippen LogP contribution is -2.01. The summed E-state index contributed by atoms with van der Waals surface area (Å²) in [4.78, 5) is 0. The van der Waals surface area contributed by atoms with Crippen molar-refractivity contribution in [3.63, 3.8) is 0 Å². The molecule has 54 valence electrons. The first-order chi connectivity index (χ1) is 6.25. The van der Waals surface area contributed by atoms with E-state index in [1.165, 1.54) is 24.3 Å². The Morgan fingerprint density at radius 1 is 1.40 bits per heavy atom. The maximum Gasteiger partial charge on any atom is 0.0429 e. The topological polar surface area (TPSA) is 26.0 Å². The quantitative estimate of drug-likeness (QED) is 0.701. The summed E-state index contributed by atoms with van der Waals surface area (Å²) >= 11 is 5.63. The second-order valence-corrected chi connectivity index (χ2v) is 2.21. The van der Waals surface area contributed by atoms with Crippen molar-refractivity contribution in [3.8, 4) is 0 Å². The second-order valence-electron chi connectivity index (χ2n) is 1.78. The Hall–Kier alpha value is -0.530. The standard InChI is InChI=1S/C8H10ClN/c9-8-3-1-7(2-4-8)5-6-10/h1-4H,5-6,10H2/i5D2,6D2. The number of nitrogens with two attached hydrogens (primary N) is 1. The van der Waals surface area contributed by atoms with Crippen molar-refractivity contribution in [2.24, 2.45) is 5.73 Å². The van der Waals surface area contributed by atoms with E-state index in [0.29, 0.717) is 5.02 Å². The molecule has 2 heteroatoms. The van der Waals surface area contributed by atoms with Crippen LogP contribution in [0, 0.1) is 0 Å². The summed E-state index contributed by atoms with van der Waals surface area (Å²) in [6, 6.07) is 5.85. The van der Waals surface area contributed by atoms with Crippen molar-refractivity contribution in [2.75, 3.05) is 6.50 Å². The molecule has 0 heterocycles. The van der Waals surface area contributed by atoms with Crippen LogP contribution in [0.2, 0.25) is 5.02 Å². The molecule has 10 heavy (non-hydrogen) atoms. The first-order valence-electron chi connectivity index (χ1n) is 4.80. The van der Waals surface area contributed by atoms with E-state index in [4.69, 9.17) is 22.8 Å². The number of hydrogen-bond acceptors (Lipinski definition) is 1. The number of benzene rings is 1. The summed E-state index contributed by atoms with van der Waals surface area (Å²) in [6.07, 6.45) is -2.22. The first kappa shape index (κ1) is 3.74. The Balaban J connectivity index is 3.10. The fourth-order valence-corrected chi connectivity index (χ4v) is 0.743. The summed E-state index contributed by atoms with van der Waals surface area (Å²) in [6.45, 7) is -2.42. The predicted molar refractivity (Wildman–Crippen MR) is 44.2 cm³/mol. The van der Waals surface area contributed by atoms with Crippen LogP contribution in [0.15, 0.2) is 24.3 Å². The zero-order valence-corrected chi connectivity index (χ0v) is 6.02. The van der Waals surface area contributed by atoms with Gasteiger partial charge in [-0.2, -0.15) is 0 Å². The highest BCUT2D eigenvalue weighted by Gasteiger charge is 1.89. The molecule has 0 fully saturated rings. The minimum Gasteiger partial charge on any atom is -0.330 e. The van der Waals surface area contributed by atoms with Crippen molar-refractivity contribution >= 4 is 11.6 Å². The molecule has 0 aliphatic rings. The van der Waals surface area contributed by atoms with Gasteiger partial charge in [0.05, 0.1) is 0 Å². The third kappa shape index (κ3) is 2.01. The van der Waals surface area contributed by atoms with Crippen molar-refractivity contribution in [2.45, 2.75) is 6.37 Å². The van der Waals surface area contributed by atoms with Crippen LogP contribution in [0.25, 0.3) is 0 Å². The number of halogens is 1. The molecular formula is C8H10ClN. The molecule has 1 rings (SSSR count). The molecular weight excluding hydrogens is 146 g/mol. The van der Waals surface area contributed by atoms with Gasteiger partial charge in [0.2, 0.25) is 0 Å². The summed E-state index contributed by atoms with van der Waals surface area (Å²) in [5.74, 6) is 0. The Morgan fingerprint density at radius 2 is 2.00 bits per heavy atom. The maximum absolute atomic E-state index is 7.51. The van der Waals surface area contributed by atoms with Crippen LogP contribution in [0.4, 0.5) is 0 Å². The largest absolute Gasteiger partial charge is 0.330 e. The van der Waals surface area contributed by atoms with Crippen LogP contribution in [0.1, 0.15) is 11.0 Å². The lowest BCUT2D eigenvalue weighted by atomic mass is 10.2. The van der Waals surface area contributed by atoms with Gasteiger partial charge >= 0.3 is 0 Å². The minimum absolute atomic E-state index is 0.175. The Morgan fingerprint density at radius 3 is 2.50 bits per heavy atom. The zero-order chi connectivity index (χ0) is 11.0. The van der Waals surface area contributed by atoms with E-state index >= 15 is 0 Å².